The standard InChI is InChI=1S/C6H10N2/c1-7-5-6-3-2-4-8-6/h2-3,5,7-8H,4H2,1H3/b6-5+. The van der Waals surface area contributed by atoms with Crippen molar-refractivity contribution < 1.29 is 0 Å². The average molecular weight is 110 g/mol. The van der Waals surface area contributed by atoms with Crippen molar-refractivity contribution in [2.24, 2.45) is 0 Å². The SMILES string of the molecule is CN/C=C1\C=CCN1. The van der Waals surface area contributed by atoms with E-state index in [1.807, 2.05) is 13.2 Å². The molecule has 2 N–H and O–H groups in total. The van der Waals surface area contributed by atoms with Crippen LogP contribution < -0.4 is 10.6 Å². The van der Waals surface area contributed by atoms with E-state index < -0.39 is 0 Å². The van der Waals surface area contributed by atoms with Gasteiger partial charge in [0.1, 0.15) is 0 Å². The number of hydrogen-bond donors (Lipinski definition) is 2. The first kappa shape index (κ1) is 5.22. The van der Waals surface area contributed by atoms with Gasteiger partial charge in [-0.1, -0.05) is 6.08 Å². The Labute approximate surface area is 49.3 Å². The van der Waals surface area contributed by atoms with Crippen molar-refractivity contribution in [3.05, 3.63) is 24.0 Å². The van der Waals surface area contributed by atoms with E-state index in [-0.39, 0.29) is 0 Å². The Morgan fingerprint density at radius 3 is 3.25 bits per heavy atom. The van der Waals surface area contributed by atoms with Gasteiger partial charge in [-0.3, -0.25) is 0 Å². The lowest BCUT2D eigenvalue weighted by atomic mass is 10.5. The summed E-state index contributed by atoms with van der Waals surface area (Å²) < 4.78 is 0. The van der Waals surface area contributed by atoms with E-state index in [4.69, 9.17) is 0 Å². The lowest BCUT2D eigenvalue weighted by Crippen LogP contribution is -2.07. The summed E-state index contributed by atoms with van der Waals surface area (Å²) >= 11 is 0. The van der Waals surface area contributed by atoms with Crippen LogP contribution in [0.4, 0.5) is 0 Å². The molecule has 1 rings (SSSR count). The van der Waals surface area contributed by atoms with E-state index in [2.05, 4.69) is 22.8 Å². The molecule has 1 heterocycles. The van der Waals surface area contributed by atoms with Crippen molar-refractivity contribution in [1.82, 2.24) is 10.6 Å². The van der Waals surface area contributed by atoms with Crippen LogP contribution in [0.2, 0.25) is 0 Å². The minimum atomic E-state index is 0.966. The zero-order chi connectivity index (χ0) is 5.82. The maximum Gasteiger partial charge on any atom is 0.0499 e. The highest BCUT2D eigenvalue weighted by Gasteiger charge is 1.92. The van der Waals surface area contributed by atoms with Crippen LogP contribution in [0.5, 0.6) is 0 Å². The van der Waals surface area contributed by atoms with Crippen molar-refractivity contribution in [3.8, 4) is 0 Å². The molecule has 2 nitrogen and oxygen atoms in total. The molecule has 0 atom stereocenters. The Hall–Kier alpha value is -0.920. The number of nitrogens with one attached hydrogen (secondary N) is 2. The third-order valence-electron chi connectivity index (χ3n) is 1.02. The Morgan fingerprint density at radius 2 is 2.75 bits per heavy atom. The van der Waals surface area contributed by atoms with Crippen LogP contribution >= 0.6 is 0 Å². The summed E-state index contributed by atoms with van der Waals surface area (Å²) in [4.78, 5) is 0. The van der Waals surface area contributed by atoms with Gasteiger partial charge in [-0.25, -0.2) is 0 Å². The van der Waals surface area contributed by atoms with Gasteiger partial charge >= 0.3 is 0 Å². The largest absolute Gasteiger partial charge is 0.392 e. The molecular weight excluding hydrogens is 100 g/mol. The van der Waals surface area contributed by atoms with E-state index in [0.29, 0.717) is 0 Å². The number of rotatable bonds is 1. The molecule has 0 aromatic carbocycles. The number of hydrogen-bond acceptors (Lipinski definition) is 2. The maximum absolute atomic E-state index is 3.14. The molecule has 0 aliphatic carbocycles. The van der Waals surface area contributed by atoms with Crippen LogP contribution in [0.3, 0.4) is 0 Å². The third-order valence-corrected chi connectivity index (χ3v) is 1.02. The molecule has 0 bridgehead atoms. The van der Waals surface area contributed by atoms with Gasteiger partial charge in [-0.2, -0.15) is 0 Å². The minimum Gasteiger partial charge on any atom is -0.392 e. The first-order chi connectivity index (χ1) is 3.93. The first-order valence-corrected chi connectivity index (χ1v) is 2.71. The van der Waals surface area contributed by atoms with E-state index in [1.54, 1.807) is 0 Å². The fourth-order valence-electron chi connectivity index (χ4n) is 0.676. The van der Waals surface area contributed by atoms with Crippen molar-refractivity contribution in [3.63, 3.8) is 0 Å². The van der Waals surface area contributed by atoms with Crippen LogP contribution in [0, 0.1) is 0 Å². The van der Waals surface area contributed by atoms with Gasteiger partial charge in [0.2, 0.25) is 0 Å². The van der Waals surface area contributed by atoms with E-state index in [0.717, 1.165) is 12.2 Å². The molecule has 8 heavy (non-hydrogen) atoms. The van der Waals surface area contributed by atoms with Gasteiger partial charge in [-0.15, -0.1) is 0 Å². The lowest BCUT2D eigenvalue weighted by molar-refractivity contribution is 0.948. The molecule has 44 valence electrons. The second kappa shape index (κ2) is 2.40. The summed E-state index contributed by atoms with van der Waals surface area (Å²) in [5, 5.41) is 6.08. The van der Waals surface area contributed by atoms with Gasteiger partial charge in [0.15, 0.2) is 0 Å². The van der Waals surface area contributed by atoms with Crippen molar-refractivity contribution in [1.29, 1.82) is 0 Å². The predicted molar refractivity (Wildman–Crippen MR) is 34.3 cm³/mol. The van der Waals surface area contributed by atoms with Crippen molar-refractivity contribution in [2.75, 3.05) is 13.6 Å². The average Bonchev–Trinajstić information content (AvgIpc) is 2.19. The molecular formula is C6H10N2. The second-order valence-electron chi connectivity index (χ2n) is 1.67. The summed E-state index contributed by atoms with van der Waals surface area (Å²) in [6.45, 7) is 0.966. The molecule has 0 unspecified atom stereocenters. The van der Waals surface area contributed by atoms with Crippen molar-refractivity contribution in [2.45, 2.75) is 0 Å². The van der Waals surface area contributed by atoms with E-state index in [1.165, 1.54) is 0 Å². The summed E-state index contributed by atoms with van der Waals surface area (Å²) in [6, 6.07) is 0. The molecule has 0 aromatic heterocycles. The molecule has 0 amide bonds. The summed E-state index contributed by atoms with van der Waals surface area (Å²) in [5.74, 6) is 0. The van der Waals surface area contributed by atoms with Crippen LogP contribution in [0.25, 0.3) is 0 Å². The Bertz CT molecular complexity index is 124. The number of allylic oxidation sites excluding steroid dienone is 1. The topological polar surface area (TPSA) is 24.1 Å². The van der Waals surface area contributed by atoms with E-state index >= 15 is 0 Å². The summed E-state index contributed by atoms with van der Waals surface area (Å²) in [7, 11) is 1.89. The highest BCUT2D eigenvalue weighted by Crippen LogP contribution is 1.95. The zero-order valence-electron chi connectivity index (χ0n) is 4.94. The molecule has 1 aliphatic rings. The fraction of sp³-hybridized carbons (Fsp3) is 0.333. The van der Waals surface area contributed by atoms with Crippen LogP contribution in [0.1, 0.15) is 0 Å². The molecule has 2 heteroatoms. The quantitative estimate of drug-likeness (QED) is 0.504. The monoisotopic (exact) mass is 110 g/mol. The van der Waals surface area contributed by atoms with Gasteiger partial charge in [0, 0.05) is 25.5 Å². The minimum absolute atomic E-state index is 0.966. The molecule has 0 spiro atoms. The van der Waals surface area contributed by atoms with Crippen LogP contribution in [-0.4, -0.2) is 13.6 Å². The van der Waals surface area contributed by atoms with Gasteiger partial charge in [0.05, 0.1) is 0 Å². The normalized spacial score (nSPS) is 21.4. The molecule has 0 aromatic rings. The van der Waals surface area contributed by atoms with Crippen molar-refractivity contribution >= 4 is 0 Å². The molecule has 0 saturated heterocycles. The van der Waals surface area contributed by atoms with Gasteiger partial charge in [-0.05, 0) is 6.08 Å². The Balaban J connectivity index is 2.46. The highest BCUT2D eigenvalue weighted by molar-refractivity contribution is 5.21. The van der Waals surface area contributed by atoms with Crippen LogP contribution in [0.15, 0.2) is 24.0 Å². The maximum atomic E-state index is 3.14. The third kappa shape index (κ3) is 1.03. The summed E-state index contributed by atoms with van der Waals surface area (Å²) in [5.41, 5.74) is 1.16. The fourth-order valence-corrected chi connectivity index (χ4v) is 0.676. The Morgan fingerprint density at radius 1 is 1.88 bits per heavy atom. The summed E-state index contributed by atoms with van der Waals surface area (Å²) in [6.07, 6.45) is 6.07. The first-order valence-electron chi connectivity index (χ1n) is 2.71. The molecule has 0 fully saturated rings. The molecule has 0 radical (unpaired) electrons. The predicted octanol–water partition coefficient (Wildman–Crippen LogP) is 0.207. The zero-order valence-corrected chi connectivity index (χ0v) is 4.94. The van der Waals surface area contributed by atoms with Gasteiger partial charge in [0.25, 0.3) is 0 Å². The lowest BCUT2D eigenvalue weighted by Gasteiger charge is -1.94. The second-order valence-corrected chi connectivity index (χ2v) is 1.67. The highest BCUT2D eigenvalue weighted by atomic mass is 14.9. The van der Waals surface area contributed by atoms with Gasteiger partial charge < -0.3 is 10.6 Å². The molecule has 1 aliphatic heterocycles. The molecule has 0 saturated carbocycles. The van der Waals surface area contributed by atoms with E-state index in [9.17, 15) is 0 Å². The van der Waals surface area contributed by atoms with Crippen LogP contribution in [-0.2, 0) is 0 Å². The Kier molecular flexibility index (Phi) is 1.57. The smallest absolute Gasteiger partial charge is 0.0499 e.